The Balaban J connectivity index is 1.84. The van der Waals surface area contributed by atoms with Gasteiger partial charge in [-0.05, 0) is 68.1 Å². The highest BCUT2D eigenvalue weighted by atomic mass is 32.2. The van der Waals surface area contributed by atoms with Crippen molar-refractivity contribution in [3.05, 3.63) is 53.6 Å². The highest BCUT2D eigenvalue weighted by molar-refractivity contribution is 7.92. The van der Waals surface area contributed by atoms with Crippen LogP contribution in [0.3, 0.4) is 0 Å². The lowest BCUT2D eigenvalue weighted by molar-refractivity contribution is 0.580. The summed E-state index contributed by atoms with van der Waals surface area (Å²) in [5, 5.41) is 0. The van der Waals surface area contributed by atoms with Gasteiger partial charge in [-0.25, -0.2) is 21.6 Å². The summed E-state index contributed by atoms with van der Waals surface area (Å²) in [7, 11) is -7.39. The summed E-state index contributed by atoms with van der Waals surface area (Å²) in [5.41, 5.74) is 2.25. The second kappa shape index (κ2) is 6.44. The van der Waals surface area contributed by atoms with Crippen LogP contribution in [-0.4, -0.2) is 22.9 Å². The summed E-state index contributed by atoms with van der Waals surface area (Å²) in [6.07, 6.45) is 1.68. The van der Waals surface area contributed by atoms with Crippen LogP contribution in [0.25, 0.3) is 0 Å². The van der Waals surface area contributed by atoms with Crippen molar-refractivity contribution in [3.63, 3.8) is 0 Å². The van der Waals surface area contributed by atoms with E-state index in [1.165, 1.54) is 24.3 Å². The van der Waals surface area contributed by atoms with E-state index in [0.717, 1.165) is 24.0 Å². The molecule has 0 aromatic heterocycles. The van der Waals surface area contributed by atoms with Gasteiger partial charge in [0.1, 0.15) is 0 Å². The van der Waals surface area contributed by atoms with E-state index >= 15 is 0 Å². The zero-order valence-electron chi connectivity index (χ0n) is 14.0. The van der Waals surface area contributed by atoms with Gasteiger partial charge >= 0.3 is 0 Å². The molecular weight excluding hydrogens is 360 g/mol. The van der Waals surface area contributed by atoms with Crippen molar-refractivity contribution in [2.45, 2.75) is 42.5 Å². The van der Waals surface area contributed by atoms with Gasteiger partial charge in [-0.15, -0.1) is 0 Å². The minimum Gasteiger partial charge on any atom is -0.279 e. The number of hydrogen-bond donors (Lipinski definition) is 2. The predicted molar refractivity (Wildman–Crippen MR) is 96.5 cm³/mol. The van der Waals surface area contributed by atoms with Crippen LogP contribution < -0.4 is 9.44 Å². The molecule has 25 heavy (non-hydrogen) atoms. The van der Waals surface area contributed by atoms with Crippen LogP contribution in [0, 0.1) is 13.8 Å². The molecular formula is C17H20N2O4S2. The number of sulfonamides is 2. The minimum absolute atomic E-state index is 0.000582. The molecule has 0 aliphatic heterocycles. The molecule has 0 spiro atoms. The highest BCUT2D eigenvalue weighted by Gasteiger charge is 2.28. The first kappa shape index (κ1) is 17.9. The Morgan fingerprint density at radius 2 is 1.40 bits per heavy atom. The smallest absolute Gasteiger partial charge is 0.261 e. The van der Waals surface area contributed by atoms with Gasteiger partial charge in [0.05, 0.1) is 15.5 Å². The number of aryl methyl sites for hydroxylation is 2. The molecule has 134 valence electrons. The Morgan fingerprint density at radius 1 is 0.840 bits per heavy atom. The van der Waals surface area contributed by atoms with E-state index < -0.39 is 20.0 Å². The van der Waals surface area contributed by atoms with Gasteiger partial charge in [0.2, 0.25) is 10.0 Å². The predicted octanol–water partition coefficient (Wildman–Crippen LogP) is 2.54. The Morgan fingerprint density at radius 3 is 1.96 bits per heavy atom. The lowest BCUT2D eigenvalue weighted by Crippen LogP contribution is -2.25. The van der Waals surface area contributed by atoms with Gasteiger partial charge in [0.15, 0.2) is 0 Å². The molecule has 6 nitrogen and oxygen atoms in total. The van der Waals surface area contributed by atoms with E-state index in [2.05, 4.69) is 9.44 Å². The van der Waals surface area contributed by atoms with E-state index in [0.29, 0.717) is 5.69 Å². The standard InChI is InChI=1S/C17H20N2O4S2/c1-12-3-4-13(2)17(11-12)19-25(22,23)16-9-7-15(8-10-16)24(20,21)18-14-5-6-14/h3-4,7-11,14,18-19H,5-6H2,1-2H3. The quantitative estimate of drug-likeness (QED) is 0.805. The summed E-state index contributed by atoms with van der Waals surface area (Å²) in [6.45, 7) is 3.69. The molecule has 2 aromatic rings. The maximum absolute atomic E-state index is 12.5. The third-order valence-electron chi connectivity index (χ3n) is 3.98. The highest BCUT2D eigenvalue weighted by Crippen LogP contribution is 2.24. The molecule has 3 rings (SSSR count). The molecule has 2 N–H and O–H groups in total. The second-order valence-corrected chi connectivity index (χ2v) is 9.69. The summed E-state index contributed by atoms with van der Waals surface area (Å²) in [6, 6.07) is 10.7. The fourth-order valence-electron chi connectivity index (χ4n) is 2.34. The third-order valence-corrected chi connectivity index (χ3v) is 6.90. The molecule has 8 heteroatoms. The Bertz CT molecular complexity index is 993. The topological polar surface area (TPSA) is 92.3 Å². The molecule has 0 saturated heterocycles. The van der Waals surface area contributed by atoms with Crippen LogP contribution in [0.1, 0.15) is 24.0 Å². The summed E-state index contributed by atoms with van der Waals surface area (Å²) in [4.78, 5) is 0.0730. The van der Waals surface area contributed by atoms with E-state index in [9.17, 15) is 16.8 Å². The molecule has 0 atom stereocenters. The third kappa shape index (κ3) is 4.20. The molecule has 0 bridgehead atoms. The van der Waals surface area contributed by atoms with Gasteiger partial charge < -0.3 is 0 Å². The Labute approximate surface area is 148 Å². The lowest BCUT2D eigenvalue weighted by Gasteiger charge is -2.12. The van der Waals surface area contributed by atoms with Crippen molar-refractivity contribution in [1.29, 1.82) is 0 Å². The average Bonchev–Trinajstić information content (AvgIpc) is 3.34. The minimum atomic E-state index is -3.79. The first-order valence-electron chi connectivity index (χ1n) is 7.90. The van der Waals surface area contributed by atoms with Crippen LogP contribution in [-0.2, 0) is 20.0 Å². The van der Waals surface area contributed by atoms with Crippen molar-refractivity contribution in [1.82, 2.24) is 4.72 Å². The van der Waals surface area contributed by atoms with Crippen LogP contribution in [0.5, 0.6) is 0 Å². The number of rotatable bonds is 6. The average molecular weight is 380 g/mol. The van der Waals surface area contributed by atoms with Crippen molar-refractivity contribution >= 4 is 25.7 Å². The van der Waals surface area contributed by atoms with E-state index in [4.69, 9.17) is 0 Å². The molecule has 2 aromatic carbocycles. The molecule has 0 amide bonds. The monoisotopic (exact) mass is 380 g/mol. The van der Waals surface area contributed by atoms with E-state index in [-0.39, 0.29) is 15.8 Å². The van der Waals surface area contributed by atoms with Crippen molar-refractivity contribution in [2.24, 2.45) is 0 Å². The SMILES string of the molecule is Cc1ccc(C)c(NS(=O)(=O)c2ccc(S(=O)(=O)NC3CC3)cc2)c1. The van der Waals surface area contributed by atoms with Crippen LogP contribution in [0.4, 0.5) is 5.69 Å². The zero-order valence-corrected chi connectivity index (χ0v) is 15.6. The van der Waals surface area contributed by atoms with Gasteiger partial charge in [-0.2, -0.15) is 0 Å². The van der Waals surface area contributed by atoms with Crippen LogP contribution >= 0.6 is 0 Å². The second-order valence-electron chi connectivity index (χ2n) is 6.29. The fraction of sp³-hybridized carbons (Fsp3) is 0.294. The van der Waals surface area contributed by atoms with Crippen LogP contribution in [0.15, 0.2) is 52.3 Å². The van der Waals surface area contributed by atoms with Crippen molar-refractivity contribution in [3.8, 4) is 0 Å². The number of benzene rings is 2. The molecule has 1 aliphatic carbocycles. The summed E-state index contributed by atoms with van der Waals surface area (Å²) in [5.74, 6) is 0. The van der Waals surface area contributed by atoms with Gasteiger partial charge in [-0.3, -0.25) is 4.72 Å². The van der Waals surface area contributed by atoms with Gasteiger partial charge in [-0.1, -0.05) is 12.1 Å². The van der Waals surface area contributed by atoms with E-state index in [1.54, 1.807) is 6.07 Å². The maximum atomic E-state index is 12.5. The Hall–Kier alpha value is -1.90. The number of nitrogens with one attached hydrogen (secondary N) is 2. The van der Waals surface area contributed by atoms with Gasteiger partial charge in [0.25, 0.3) is 10.0 Å². The normalized spacial score (nSPS) is 15.1. The Kier molecular flexibility index (Phi) is 4.61. The van der Waals surface area contributed by atoms with Crippen LogP contribution in [0.2, 0.25) is 0 Å². The van der Waals surface area contributed by atoms with E-state index in [1.807, 2.05) is 26.0 Å². The number of anilines is 1. The van der Waals surface area contributed by atoms with Gasteiger partial charge in [0, 0.05) is 6.04 Å². The molecule has 0 unspecified atom stereocenters. The fourth-order valence-corrected chi connectivity index (χ4v) is 4.76. The molecule has 1 fully saturated rings. The maximum Gasteiger partial charge on any atom is 0.261 e. The summed E-state index contributed by atoms with van der Waals surface area (Å²) < 4.78 is 54.5. The molecule has 0 radical (unpaired) electrons. The molecule has 1 aliphatic rings. The first-order valence-corrected chi connectivity index (χ1v) is 10.9. The number of hydrogen-bond acceptors (Lipinski definition) is 4. The zero-order chi connectivity index (χ0) is 18.2. The molecule has 0 heterocycles. The van der Waals surface area contributed by atoms with Crippen molar-refractivity contribution < 1.29 is 16.8 Å². The lowest BCUT2D eigenvalue weighted by atomic mass is 10.1. The van der Waals surface area contributed by atoms with Crippen molar-refractivity contribution in [2.75, 3.05) is 4.72 Å². The first-order chi connectivity index (χ1) is 11.7. The molecule has 1 saturated carbocycles. The summed E-state index contributed by atoms with van der Waals surface area (Å²) >= 11 is 0. The largest absolute Gasteiger partial charge is 0.279 e.